The first-order valence-corrected chi connectivity index (χ1v) is 3.61. The van der Waals surface area contributed by atoms with Crippen molar-refractivity contribution in [3.63, 3.8) is 0 Å². The molecule has 0 aliphatic rings. The Morgan fingerprint density at radius 2 is 1.85 bits per heavy atom. The van der Waals surface area contributed by atoms with Crippen LogP contribution in [0.1, 0.15) is 13.8 Å². The summed E-state index contributed by atoms with van der Waals surface area (Å²) in [6.07, 6.45) is -3.86. The number of aliphatic imine (C=N–C) groups is 1. The Kier molecular flexibility index (Phi) is 3.77. The van der Waals surface area contributed by atoms with Gasteiger partial charge in [-0.2, -0.15) is 13.2 Å². The number of nitrogens with two attached hydrogens (primary N) is 2. The number of rotatable bonds is 2. The lowest BCUT2D eigenvalue weighted by Crippen LogP contribution is -2.30. The molecule has 0 aromatic heterocycles. The molecule has 0 amide bonds. The van der Waals surface area contributed by atoms with Crippen LogP contribution in [0.4, 0.5) is 13.2 Å². The minimum absolute atomic E-state index is 0.477. The van der Waals surface area contributed by atoms with Gasteiger partial charge in [0, 0.05) is 12.2 Å². The minimum atomic E-state index is -4.55. The second-order valence-electron chi connectivity index (χ2n) is 2.69. The molecule has 0 spiro atoms. The molecule has 0 fully saturated rings. The molecule has 3 nitrogen and oxygen atoms in total. The molecule has 4 N–H and O–H groups in total. The average molecular weight is 195 g/mol. The predicted octanol–water partition coefficient (Wildman–Crippen LogP) is 1.16. The normalized spacial score (nSPS) is 15.2. The Balaban J connectivity index is 5.00. The summed E-state index contributed by atoms with van der Waals surface area (Å²) in [6, 6.07) is -0.477. The first-order valence-electron chi connectivity index (χ1n) is 3.61. The van der Waals surface area contributed by atoms with Crippen molar-refractivity contribution in [1.29, 1.82) is 0 Å². The number of nitrogens with zero attached hydrogens (tertiary/aromatic N) is 1. The molecule has 0 unspecified atom stereocenters. The Morgan fingerprint density at radius 1 is 1.38 bits per heavy atom. The summed E-state index contributed by atoms with van der Waals surface area (Å²) in [5.41, 5.74) is 8.24. The molecule has 0 radical (unpaired) electrons. The zero-order valence-corrected chi connectivity index (χ0v) is 7.39. The van der Waals surface area contributed by atoms with E-state index in [0.29, 0.717) is 6.20 Å². The van der Waals surface area contributed by atoms with E-state index >= 15 is 0 Å². The highest BCUT2D eigenvalue weighted by Gasteiger charge is 2.37. The van der Waals surface area contributed by atoms with E-state index in [1.807, 2.05) is 0 Å². The molecule has 76 valence electrons. The summed E-state index contributed by atoms with van der Waals surface area (Å²) in [6.45, 7) is 3.05. The van der Waals surface area contributed by atoms with Crippen molar-refractivity contribution >= 4 is 5.71 Å². The lowest BCUT2D eigenvalue weighted by Gasteiger charge is -2.11. The molecule has 0 aromatic rings. The zero-order chi connectivity index (χ0) is 10.6. The van der Waals surface area contributed by atoms with Crippen LogP contribution in [0.2, 0.25) is 0 Å². The van der Waals surface area contributed by atoms with Gasteiger partial charge in [-0.25, -0.2) is 0 Å². The highest BCUT2D eigenvalue weighted by Crippen LogP contribution is 2.20. The van der Waals surface area contributed by atoms with Crippen LogP contribution in [0.3, 0.4) is 0 Å². The quantitative estimate of drug-likeness (QED) is 0.649. The van der Waals surface area contributed by atoms with Gasteiger partial charge in [0.1, 0.15) is 0 Å². The van der Waals surface area contributed by atoms with Gasteiger partial charge in [0.25, 0.3) is 0 Å². The molecule has 0 aliphatic carbocycles. The molecule has 0 bridgehead atoms. The molecule has 0 aliphatic heterocycles. The molecular weight excluding hydrogens is 183 g/mol. The summed E-state index contributed by atoms with van der Waals surface area (Å²) >= 11 is 0. The van der Waals surface area contributed by atoms with Gasteiger partial charge < -0.3 is 11.5 Å². The third-order valence-corrected chi connectivity index (χ3v) is 1.11. The van der Waals surface area contributed by atoms with Crippen molar-refractivity contribution in [2.45, 2.75) is 26.1 Å². The summed E-state index contributed by atoms with van der Waals surface area (Å²) in [7, 11) is 0. The summed E-state index contributed by atoms with van der Waals surface area (Å²) < 4.78 is 36.6. The lowest BCUT2D eigenvalue weighted by molar-refractivity contribution is -0.0586. The number of alkyl halides is 3. The van der Waals surface area contributed by atoms with Gasteiger partial charge >= 0.3 is 6.18 Å². The van der Waals surface area contributed by atoms with Gasteiger partial charge in [-0.3, -0.25) is 4.99 Å². The molecule has 0 aromatic carbocycles. The van der Waals surface area contributed by atoms with Crippen LogP contribution in [0.5, 0.6) is 0 Å². The van der Waals surface area contributed by atoms with Crippen molar-refractivity contribution in [2.24, 2.45) is 16.5 Å². The summed E-state index contributed by atoms with van der Waals surface area (Å²) in [5, 5.41) is 0. The molecular formula is C7H12F3N3. The van der Waals surface area contributed by atoms with Crippen LogP contribution in [0.25, 0.3) is 0 Å². The summed E-state index contributed by atoms with van der Waals surface area (Å²) in [5.74, 6) is 0. The second kappa shape index (κ2) is 4.15. The van der Waals surface area contributed by atoms with E-state index in [9.17, 15) is 13.2 Å². The molecule has 13 heavy (non-hydrogen) atoms. The number of hydrogen-bond acceptors (Lipinski definition) is 3. The standard InChI is InChI=1S/C7H12F3N3/c1-4(2)13-6(5(12)3-11)7(8,9)10/h3-4H,11-12H2,1-2H3/b5-3+,13-6?. The highest BCUT2D eigenvalue weighted by atomic mass is 19.4. The smallest absolute Gasteiger partial charge is 0.403 e. The largest absolute Gasteiger partial charge is 0.435 e. The SMILES string of the molecule is CC(C)N=C(/C(N)=C\N)C(F)(F)F. The van der Waals surface area contributed by atoms with E-state index in [-0.39, 0.29) is 0 Å². The van der Waals surface area contributed by atoms with Crippen LogP contribution in [0, 0.1) is 0 Å². The first kappa shape index (κ1) is 11.8. The van der Waals surface area contributed by atoms with E-state index in [2.05, 4.69) is 4.99 Å². The maximum absolute atomic E-state index is 12.2. The lowest BCUT2D eigenvalue weighted by atomic mass is 10.2. The molecule has 6 heteroatoms. The van der Waals surface area contributed by atoms with Crippen molar-refractivity contribution in [1.82, 2.24) is 0 Å². The van der Waals surface area contributed by atoms with Gasteiger partial charge in [-0.05, 0) is 13.8 Å². The fraction of sp³-hybridized carbons (Fsp3) is 0.571. The molecule has 0 rings (SSSR count). The maximum Gasteiger partial charge on any atom is 0.435 e. The van der Waals surface area contributed by atoms with E-state index in [4.69, 9.17) is 11.5 Å². The van der Waals surface area contributed by atoms with E-state index < -0.39 is 23.6 Å². The van der Waals surface area contributed by atoms with Gasteiger partial charge in [-0.15, -0.1) is 0 Å². The minimum Gasteiger partial charge on any atom is -0.403 e. The fourth-order valence-electron chi connectivity index (χ4n) is 0.649. The maximum atomic E-state index is 12.2. The number of halogens is 3. The Bertz CT molecular complexity index is 228. The number of hydrogen-bond donors (Lipinski definition) is 2. The topological polar surface area (TPSA) is 64.4 Å². The van der Waals surface area contributed by atoms with Gasteiger partial charge in [0.15, 0.2) is 5.71 Å². The highest BCUT2D eigenvalue weighted by molar-refractivity contribution is 6.03. The van der Waals surface area contributed by atoms with Crippen LogP contribution in [-0.2, 0) is 0 Å². The van der Waals surface area contributed by atoms with E-state index in [1.54, 1.807) is 0 Å². The van der Waals surface area contributed by atoms with Gasteiger partial charge in [0.05, 0.1) is 5.70 Å². The van der Waals surface area contributed by atoms with Crippen molar-refractivity contribution in [2.75, 3.05) is 0 Å². The molecule has 0 saturated heterocycles. The molecule has 0 saturated carbocycles. The fourth-order valence-corrected chi connectivity index (χ4v) is 0.649. The van der Waals surface area contributed by atoms with Gasteiger partial charge in [0.2, 0.25) is 0 Å². The third-order valence-electron chi connectivity index (χ3n) is 1.11. The first-order chi connectivity index (χ1) is 5.79. The van der Waals surface area contributed by atoms with E-state index in [0.717, 1.165) is 0 Å². The van der Waals surface area contributed by atoms with Crippen LogP contribution < -0.4 is 11.5 Å². The Labute approximate surface area is 74.3 Å². The predicted molar refractivity (Wildman–Crippen MR) is 45.1 cm³/mol. The number of allylic oxidation sites excluding steroid dienone is 1. The van der Waals surface area contributed by atoms with Crippen molar-refractivity contribution in [3.05, 3.63) is 11.9 Å². The van der Waals surface area contributed by atoms with Crippen LogP contribution >= 0.6 is 0 Å². The average Bonchev–Trinajstić information content (AvgIpc) is 1.96. The van der Waals surface area contributed by atoms with Crippen molar-refractivity contribution in [3.8, 4) is 0 Å². The second-order valence-corrected chi connectivity index (χ2v) is 2.69. The van der Waals surface area contributed by atoms with E-state index in [1.165, 1.54) is 13.8 Å². The Hall–Kier alpha value is -1.20. The van der Waals surface area contributed by atoms with Gasteiger partial charge in [-0.1, -0.05) is 0 Å². The van der Waals surface area contributed by atoms with Crippen molar-refractivity contribution < 1.29 is 13.2 Å². The van der Waals surface area contributed by atoms with Crippen LogP contribution in [0.15, 0.2) is 16.9 Å². The molecule has 0 atom stereocenters. The zero-order valence-electron chi connectivity index (χ0n) is 7.39. The Morgan fingerprint density at radius 3 is 2.08 bits per heavy atom. The summed E-state index contributed by atoms with van der Waals surface area (Å²) in [4.78, 5) is 3.34. The third kappa shape index (κ3) is 3.82. The monoisotopic (exact) mass is 195 g/mol. The van der Waals surface area contributed by atoms with Crippen LogP contribution in [-0.4, -0.2) is 17.9 Å². The molecule has 0 heterocycles.